The van der Waals surface area contributed by atoms with Gasteiger partial charge in [-0.1, -0.05) is 29.3 Å². The van der Waals surface area contributed by atoms with E-state index in [9.17, 15) is 9.59 Å². The Hall–Kier alpha value is -3.07. The van der Waals surface area contributed by atoms with Crippen molar-refractivity contribution in [2.45, 2.75) is 6.92 Å². The topological polar surface area (TPSA) is 92.6 Å². The van der Waals surface area contributed by atoms with Crippen molar-refractivity contribution in [3.05, 3.63) is 75.7 Å². The summed E-state index contributed by atoms with van der Waals surface area (Å²) in [5.41, 5.74) is 2.10. The molecule has 0 bridgehead atoms. The second-order valence-corrected chi connectivity index (χ2v) is 7.59. The van der Waals surface area contributed by atoms with Crippen LogP contribution in [0.3, 0.4) is 0 Å². The molecule has 10 heteroatoms. The van der Waals surface area contributed by atoms with Crippen LogP contribution in [0.2, 0.25) is 10.0 Å². The molecule has 2 amide bonds. The van der Waals surface area contributed by atoms with Gasteiger partial charge in [-0.2, -0.15) is 0 Å². The predicted molar refractivity (Wildman–Crippen MR) is 125 cm³/mol. The SMILES string of the molecule is COc1c(Cl)cc(Cl)cc1C(=O)NC(=S)Nc1cc(NC(=O)c2ccco2)ccc1C. The van der Waals surface area contributed by atoms with Crippen molar-refractivity contribution in [1.29, 1.82) is 0 Å². The quantitative estimate of drug-likeness (QED) is 0.432. The number of benzene rings is 2. The number of carbonyl (C=O) groups excluding carboxylic acids is 2. The Kier molecular flexibility index (Phi) is 7.17. The number of methoxy groups -OCH3 is 1. The third kappa shape index (κ3) is 5.55. The van der Waals surface area contributed by atoms with E-state index in [1.807, 2.05) is 6.92 Å². The van der Waals surface area contributed by atoms with Crippen molar-refractivity contribution < 1.29 is 18.7 Å². The predicted octanol–water partition coefficient (Wildman–Crippen LogP) is 5.28. The summed E-state index contributed by atoms with van der Waals surface area (Å²) in [6.45, 7) is 1.85. The van der Waals surface area contributed by atoms with Gasteiger partial charge in [0.25, 0.3) is 11.8 Å². The maximum Gasteiger partial charge on any atom is 0.291 e. The number of carbonyl (C=O) groups is 2. The number of furan rings is 1. The van der Waals surface area contributed by atoms with Gasteiger partial charge >= 0.3 is 0 Å². The highest BCUT2D eigenvalue weighted by Gasteiger charge is 2.18. The lowest BCUT2D eigenvalue weighted by Gasteiger charge is -2.15. The van der Waals surface area contributed by atoms with E-state index in [1.165, 1.54) is 25.5 Å². The van der Waals surface area contributed by atoms with Crippen LogP contribution in [0.4, 0.5) is 11.4 Å². The number of hydrogen-bond acceptors (Lipinski definition) is 5. The van der Waals surface area contributed by atoms with E-state index < -0.39 is 5.91 Å². The lowest BCUT2D eigenvalue weighted by atomic mass is 10.1. The van der Waals surface area contributed by atoms with Gasteiger partial charge in [0.1, 0.15) is 5.75 Å². The fourth-order valence-electron chi connectivity index (χ4n) is 2.70. The smallest absolute Gasteiger partial charge is 0.291 e. The highest BCUT2D eigenvalue weighted by Crippen LogP contribution is 2.32. The van der Waals surface area contributed by atoms with Crippen LogP contribution in [0.5, 0.6) is 5.75 Å². The molecule has 0 saturated heterocycles. The zero-order valence-corrected chi connectivity index (χ0v) is 18.7. The van der Waals surface area contributed by atoms with Gasteiger partial charge in [-0.15, -0.1) is 0 Å². The van der Waals surface area contributed by atoms with Crippen molar-refractivity contribution in [3.63, 3.8) is 0 Å². The van der Waals surface area contributed by atoms with Crippen LogP contribution in [-0.2, 0) is 0 Å². The zero-order chi connectivity index (χ0) is 22.5. The first-order chi connectivity index (χ1) is 14.8. The second-order valence-electron chi connectivity index (χ2n) is 6.34. The minimum absolute atomic E-state index is 0.0424. The van der Waals surface area contributed by atoms with Crippen LogP contribution in [0.15, 0.2) is 53.1 Å². The molecule has 0 saturated carbocycles. The van der Waals surface area contributed by atoms with Gasteiger partial charge in [-0.25, -0.2) is 0 Å². The van der Waals surface area contributed by atoms with Gasteiger partial charge in [0.2, 0.25) is 0 Å². The molecular weight excluding hydrogens is 461 g/mol. The minimum atomic E-state index is -0.543. The van der Waals surface area contributed by atoms with Crippen LogP contribution in [-0.4, -0.2) is 24.0 Å². The second kappa shape index (κ2) is 9.82. The molecule has 0 aliphatic heterocycles. The number of amides is 2. The molecule has 3 N–H and O–H groups in total. The number of rotatable bonds is 5. The Bertz CT molecular complexity index is 1150. The number of nitrogens with one attached hydrogen (secondary N) is 3. The maximum absolute atomic E-state index is 12.7. The minimum Gasteiger partial charge on any atom is -0.494 e. The van der Waals surface area contributed by atoms with Gasteiger partial charge in [0.05, 0.1) is 24.0 Å². The van der Waals surface area contributed by atoms with Gasteiger partial charge in [0.15, 0.2) is 10.9 Å². The standard InChI is InChI=1S/C21H17Cl2N3O4S/c1-11-5-6-13(24-20(28)17-4-3-7-30-17)10-16(11)25-21(31)26-19(27)14-8-12(22)9-15(23)18(14)29-2/h3-10H,1-2H3,(H,24,28)(H2,25,26,27,31). The average Bonchev–Trinajstić information content (AvgIpc) is 3.25. The van der Waals surface area contributed by atoms with Crippen LogP contribution >= 0.6 is 35.4 Å². The Morgan fingerprint density at radius 3 is 2.52 bits per heavy atom. The van der Waals surface area contributed by atoms with E-state index in [0.29, 0.717) is 11.4 Å². The summed E-state index contributed by atoms with van der Waals surface area (Å²) < 4.78 is 10.3. The van der Waals surface area contributed by atoms with E-state index in [1.54, 1.807) is 30.3 Å². The molecule has 1 aromatic heterocycles. The third-order valence-electron chi connectivity index (χ3n) is 4.17. The largest absolute Gasteiger partial charge is 0.494 e. The number of ether oxygens (including phenoxy) is 1. The summed E-state index contributed by atoms with van der Waals surface area (Å²) in [6, 6.07) is 11.3. The van der Waals surface area contributed by atoms with Crippen LogP contribution in [0.25, 0.3) is 0 Å². The summed E-state index contributed by atoms with van der Waals surface area (Å²) in [5, 5.41) is 8.77. The molecule has 0 aliphatic carbocycles. The maximum atomic E-state index is 12.7. The highest BCUT2D eigenvalue weighted by atomic mass is 35.5. The van der Waals surface area contributed by atoms with E-state index in [-0.39, 0.29) is 38.1 Å². The van der Waals surface area contributed by atoms with Crippen molar-refractivity contribution in [3.8, 4) is 5.75 Å². The number of aryl methyl sites for hydroxylation is 1. The molecule has 0 unspecified atom stereocenters. The summed E-state index contributed by atoms with van der Waals surface area (Å²) in [4.78, 5) is 24.8. The highest BCUT2D eigenvalue weighted by molar-refractivity contribution is 7.80. The van der Waals surface area contributed by atoms with E-state index >= 15 is 0 Å². The molecule has 0 spiro atoms. The molecule has 7 nitrogen and oxygen atoms in total. The molecule has 0 fully saturated rings. The first kappa shape index (κ1) is 22.6. The Balaban J connectivity index is 1.72. The van der Waals surface area contributed by atoms with E-state index in [2.05, 4.69) is 16.0 Å². The first-order valence-corrected chi connectivity index (χ1v) is 10.1. The van der Waals surface area contributed by atoms with E-state index in [4.69, 9.17) is 44.6 Å². The molecule has 0 atom stereocenters. The summed E-state index contributed by atoms with van der Waals surface area (Å²) in [6.07, 6.45) is 1.42. The van der Waals surface area contributed by atoms with Gasteiger partial charge in [-0.3, -0.25) is 14.9 Å². The van der Waals surface area contributed by atoms with Crippen molar-refractivity contribution in [2.75, 3.05) is 17.7 Å². The lowest BCUT2D eigenvalue weighted by Crippen LogP contribution is -2.34. The molecule has 3 aromatic rings. The molecular formula is C21H17Cl2N3O4S. The van der Waals surface area contributed by atoms with Gasteiger partial charge in [0, 0.05) is 16.4 Å². The van der Waals surface area contributed by atoms with Crippen LogP contribution in [0, 0.1) is 6.92 Å². The monoisotopic (exact) mass is 477 g/mol. The number of hydrogen-bond donors (Lipinski definition) is 3. The van der Waals surface area contributed by atoms with Crippen LogP contribution < -0.4 is 20.7 Å². The number of anilines is 2. The molecule has 3 rings (SSSR count). The van der Waals surface area contributed by atoms with Gasteiger partial charge in [-0.05, 0) is 61.1 Å². The summed E-state index contributed by atoms with van der Waals surface area (Å²) in [7, 11) is 1.40. The zero-order valence-electron chi connectivity index (χ0n) is 16.4. The Labute approximate surface area is 193 Å². The molecule has 31 heavy (non-hydrogen) atoms. The fourth-order valence-corrected chi connectivity index (χ4v) is 3.47. The Morgan fingerprint density at radius 2 is 1.84 bits per heavy atom. The molecule has 2 aromatic carbocycles. The van der Waals surface area contributed by atoms with Crippen molar-refractivity contribution in [2.24, 2.45) is 0 Å². The number of halogens is 2. The number of thiocarbonyl (C=S) groups is 1. The third-order valence-corrected chi connectivity index (χ3v) is 4.88. The summed E-state index contributed by atoms with van der Waals surface area (Å²) in [5.74, 6) is -0.559. The molecule has 1 heterocycles. The van der Waals surface area contributed by atoms with E-state index in [0.717, 1.165) is 5.56 Å². The fraction of sp³-hybridized carbons (Fsp3) is 0.0952. The molecule has 0 radical (unpaired) electrons. The van der Waals surface area contributed by atoms with Crippen molar-refractivity contribution in [1.82, 2.24) is 5.32 Å². The normalized spacial score (nSPS) is 10.3. The Morgan fingerprint density at radius 1 is 1.06 bits per heavy atom. The average molecular weight is 478 g/mol. The first-order valence-electron chi connectivity index (χ1n) is 8.89. The lowest BCUT2D eigenvalue weighted by molar-refractivity contribution is 0.0972. The van der Waals surface area contributed by atoms with Crippen molar-refractivity contribution >= 4 is 63.7 Å². The summed E-state index contributed by atoms with van der Waals surface area (Å²) >= 11 is 17.3. The molecule has 0 aliphatic rings. The molecule has 160 valence electrons. The van der Waals surface area contributed by atoms with Crippen LogP contribution in [0.1, 0.15) is 26.5 Å². The van der Waals surface area contributed by atoms with Gasteiger partial charge < -0.3 is 19.8 Å².